The summed E-state index contributed by atoms with van der Waals surface area (Å²) in [7, 11) is 1.28. The van der Waals surface area contributed by atoms with Gasteiger partial charge in [-0.3, -0.25) is 19.8 Å². The van der Waals surface area contributed by atoms with Gasteiger partial charge in [0.1, 0.15) is 5.57 Å². The van der Waals surface area contributed by atoms with Crippen molar-refractivity contribution in [2.24, 2.45) is 0 Å². The number of hydrogen-bond donors (Lipinski definition) is 1. The van der Waals surface area contributed by atoms with Crippen molar-refractivity contribution in [1.29, 1.82) is 0 Å². The van der Waals surface area contributed by atoms with Gasteiger partial charge in [0.2, 0.25) is 0 Å². The molecule has 0 aliphatic carbocycles. The average molecular weight is 435 g/mol. The third kappa shape index (κ3) is 3.77. The second-order valence-corrected chi connectivity index (χ2v) is 6.82. The molecule has 2 aromatic rings. The summed E-state index contributed by atoms with van der Waals surface area (Å²) in [6.07, 6.45) is 1.39. The molecule has 0 atom stereocenters. The normalized spacial score (nSPS) is 15.6. The van der Waals surface area contributed by atoms with Gasteiger partial charge in [0.05, 0.1) is 28.4 Å². The Morgan fingerprint density at radius 1 is 1.14 bits per heavy atom. The number of halogens is 2. The lowest BCUT2D eigenvalue weighted by Gasteiger charge is -2.29. The van der Waals surface area contributed by atoms with Crippen LogP contribution in [0.3, 0.4) is 0 Å². The minimum Gasteiger partial charge on any atom is -0.465 e. The molecule has 1 aliphatic heterocycles. The summed E-state index contributed by atoms with van der Waals surface area (Å²) in [5.41, 5.74) is 1.00. The number of thiocarbonyl (C=S) groups is 1. The summed E-state index contributed by atoms with van der Waals surface area (Å²) in [5.74, 6) is -1.77. The van der Waals surface area contributed by atoms with Crippen LogP contribution in [0.2, 0.25) is 10.0 Å². The molecule has 1 N–H and O–H groups in total. The molecule has 0 aromatic heterocycles. The maximum Gasteiger partial charge on any atom is 0.337 e. The summed E-state index contributed by atoms with van der Waals surface area (Å²) < 4.78 is 4.64. The molecule has 142 valence electrons. The molecule has 6 nitrogen and oxygen atoms in total. The zero-order valence-corrected chi connectivity index (χ0v) is 16.7. The molecule has 1 fully saturated rings. The smallest absolute Gasteiger partial charge is 0.337 e. The van der Waals surface area contributed by atoms with Gasteiger partial charge in [-0.05, 0) is 48.1 Å². The molecular weight excluding hydrogens is 423 g/mol. The van der Waals surface area contributed by atoms with Gasteiger partial charge in [-0.1, -0.05) is 41.4 Å². The number of carbonyl (C=O) groups is 3. The number of ether oxygens (including phenoxy) is 1. The van der Waals surface area contributed by atoms with Gasteiger partial charge in [-0.15, -0.1) is 0 Å². The molecule has 1 aliphatic rings. The van der Waals surface area contributed by atoms with Gasteiger partial charge < -0.3 is 4.74 Å². The van der Waals surface area contributed by atoms with E-state index in [0.717, 1.165) is 4.90 Å². The van der Waals surface area contributed by atoms with E-state index in [1.165, 1.54) is 25.3 Å². The van der Waals surface area contributed by atoms with E-state index in [0.29, 0.717) is 11.1 Å². The van der Waals surface area contributed by atoms with E-state index in [1.54, 1.807) is 30.3 Å². The van der Waals surface area contributed by atoms with E-state index in [1.807, 2.05) is 0 Å². The van der Waals surface area contributed by atoms with Crippen molar-refractivity contribution >= 4 is 70.1 Å². The second kappa shape index (κ2) is 8.10. The van der Waals surface area contributed by atoms with E-state index < -0.39 is 17.8 Å². The molecule has 1 saturated heterocycles. The number of anilines is 1. The summed E-state index contributed by atoms with van der Waals surface area (Å²) >= 11 is 17.4. The maximum atomic E-state index is 13.0. The number of carbonyl (C=O) groups excluding carboxylic acids is 3. The second-order valence-electron chi connectivity index (χ2n) is 5.64. The molecule has 0 unspecified atom stereocenters. The van der Waals surface area contributed by atoms with Gasteiger partial charge >= 0.3 is 5.97 Å². The quantitative estimate of drug-likeness (QED) is 0.345. The Labute approximate surface area is 175 Å². The largest absolute Gasteiger partial charge is 0.465 e. The van der Waals surface area contributed by atoms with Crippen molar-refractivity contribution in [2.75, 3.05) is 12.0 Å². The number of hydrogen-bond acceptors (Lipinski definition) is 5. The van der Waals surface area contributed by atoms with Crippen molar-refractivity contribution in [3.8, 4) is 0 Å². The first-order valence-corrected chi connectivity index (χ1v) is 9.03. The van der Waals surface area contributed by atoms with Crippen LogP contribution in [0.5, 0.6) is 0 Å². The van der Waals surface area contributed by atoms with Crippen LogP contribution >= 0.6 is 35.4 Å². The topological polar surface area (TPSA) is 75.7 Å². The van der Waals surface area contributed by atoms with Gasteiger partial charge in [0.15, 0.2) is 5.11 Å². The summed E-state index contributed by atoms with van der Waals surface area (Å²) in [4.78, 5) is 37.9. The molecular formula is C19H12Cl2N2O4S. The lowest BCUT2D eigenvalue weighted by Crippen LogP contribution is -2.54. The lowest BCUT2D eigenvalue weighted by molar-refractivity contribution is -0.122. The lowest BCUT2D eigenvalue weighted by atomic mass is 10.1. The first-order valence-electron chi connectivity index (χ1n) is 7.87. The third-order valence-electron chi connectivity index (χ3n) is 3.92. The highest BCUT2D eigenvalue weighted by atomic mass is 35.5. The fourth-order valence-corrected chi connectivity index (χ4v) is 3.20. The third-order valence-corrected chi connectivity index (χ3v) is 5.01. The Balaban J connectivity index is 1.99. The Hall–Kier alpha value is -2.74. The van der Waals surface area contributed by atoms with E-state index in [4.69, 9.17) is 35.4 Å². The summed E-state index contributed by atoms with van der Waals surface area (Å²) in [5, 5.41) is 2.75. The standard InChI is InChI=1S/C19H12Cl2N2O4S/c1-27-18(26)11-7-5-10(6-8-11)9-12-16(24)22-19(28)23(17(12)25)14-4-2-3-13(20)15(14)21/h2-9H,1H3,(H,22,24,28). The van der Waals surface area contributed by atoms with Crippen LogP contribution in [0.25, 0.3) is 6.08 Å². The fraction of sp³-hybridized carbons (Fsp3) is 0.0526. The molecule has 0 saturated carbocycles. The zero-order valence-electron chi connectivity index (χ0n) is 14.4. The van der Waals surface area contributed by atoms with Gasteiger partial charge in [0.25, 0.3) is 11.8 Å². The first-order chi connectivity index (χ1) is 13.3. The first kappa shape index (κ1) is 20.0. The van der Waals surface area contributed by atoms with Crippen LogP contribution in [0.4, 0.5) is 5.69 Å². The Kier molecular flexibility index (Phi) is 5.79. The van der Waals surface area contributed by atoms with Crippen LogP contribution in [0.15, 0.2) is 48.0 Å². The van der Waals surface area contributed by atoms with Crippen molar-refractivity contribution < 1.29 is 19.1 Å². The predicted molar refractivity (Wildman–Crippen MR) is 110 cm³/mol. The highest BCUT2D eigenvalue weighted by Gasteiger charge is 2.35. The molecule has 9 heteroatoms. The molecule has 0 spiro atoms. The number of rotatable bonds is 3. The minimum absolute atomic E-state index is 0.0997. The highest BCUT2D eigenvalue weighted by Crippen LogP contribution is 2.34. The zero-order chi connectivity index (χ0) is 20.4. The Bertz CT molecular complexity index is 1030. The van der Waals surface area contributed by atoms with Crippen LogP contribution in [0, 0.1) is 0 Å². The number of benzene rings is 2. The van der Waals surface area contributed by atoms with Crippen LogP contribution in [-0.4, -0.2) is 30.0 Å². The molecule has 28 heavy (non-hydrogen) atoms. The van der Waals surface area contributed by atoms with Gasteiger partial charge in [-0.25, -0.2) is 4.79 Å². The molecule has 1 heterocycles. The van der Waals surface area contributed by atoms with Crippen molar-refractivity contribution in [3.63, 3.8) is 0 Å². The van der Waals surface area contributed by atoms with E-state index in [-0.39, 0.29) is 26.4 Å². The van der Waals surface area contributed by atoms with Crippen molar-refractivity contribution in [3.05, 3.63) is 69.2 Å². The van der Waals surface area contributed by atoms with E-state index in [2.05, 4.69) is 10.1 Å². The number of amides is 2. The Morgan fingerprint density at radius 2 is 1.82 bits per heavy atom. The molecule has 2 amide bonds. The number of nitrogens with one attached hydrogen (secondary N) is 1. The SMILES string of the molecule is COC(=O)c1ccc(C=C2C(=O)NC(=S)N(c3cccc(Cl)c3Cl)C2=O)cc1. The molecule has 0 bridgehead atoms. The summed E-state index contributed by atoms with van der Waals surface area (Å²) in [6, 6.07) is 11.0. The number of esters is 1. The average Bonchev–Trinajstić information content (AvgIpc) is 2.68. The van der Waals surface area contributed by atoms with Crippen LogP contribution in [-0.2, 0) is 14.3 Å². The highest BCUT2D eigenvalue weighted by molar-refractivity contribution is 7.80. The minimum atomic E-state index is -0.644. The van der Waals surface area contributed by atoms with Gasteiger partial charge in [0, 0.05) is 0 Å². The van der Waals surface area contributed by atoms with Crippen molar-refractivity contribution in [1.82, 2.24) is 5.32 Å². The van der Waals surface area contributed by atoms with Gasteiger partial charge in [-0.2, -0.15) is 0 Å². The molecule has 3 rings (SSSR count). The van der Waals surface area contributed by atoms with E-state index >= 15 is 0 Å². The number of nitrogens with zero attached hydrogens (tertiary/aromatic N) is 1. The number of methoxy groups -OCH3 is 1. The van der Waals surface area contributed by atoms with Crippen molar-refractivity contribution in [2.45, 2.75) is 0 Å². The molecule has 0 radical (unpaired) electrons. The van der Waals surface area contributed by atoms with Crippen LogP contribution in [0.1, 0.15) is 15.9 Å². The monoisotopic (exact) mass is 434 g/mol. The Morgan fingerprint density at radius 3 is 2.46 bits per heavy atom. The molecule has 2 aromatic carbocycles. The van der Waals surface area contributed by atoms with Crippen LogP contribution < -0.4 is 10.2 Å². The van der Waals surface area contributed by atoms with E-state index in [9.17, 15) is 14.4 Å². The fourth-order valence-electron chi connectivity index (χ4n) is 2.54. The predicted octanol–water partition coefficient (Wildman–Crippen LogP) is 3.61. The maximum absolute atomic E-state index is 13.0. The summed E-state index contributed by atoms with van der Waals surface area (Å²) in [6.45, 7) is 0.